The highest BCUT2D eigenvalue weighted by molar-refractivity contribution is 6.31. The molecule has 218 valence electrons. The highest BCUT2D eigenvalue weighted by Crippen LogP contribution is 2.39. The fourth-order valence-corrected chi connectivity index (χ4v) is 5.13. The quantitative estimate of drug-likeness (QED) is 0.443. The van der Waals surface area contributed by atoms with Gasteiger partial charge in [-0.3, -0.25) is 9.59 Å². The van der Waals surface area contributed by atoms with E-state index >= 15 is 0 Å². The first-order valence-corrected chi connectivity index (χ1v) is 12.7. The van der Waals surface area contributed by atoms with Crippen molar-refractivity contribution in [2.75, 3.05) is 11.4 Å². The van der Waals surface area contributed by atoms with Gasteiger partial charge in [0.15, 0.2) is 5.60 Å². The first kappa shape index (κ1) is 29.7. The van der Waals surface area contributed by atoms with Crippen molar-refractivity contribution in [3.8, 4) is 5.88 Å². The predicted molar refractivity (Wildman–Crippen MR) is 132 cm³/mol. The number of pyridine rings is 2. The fraction of sp³-hybridized carbons (Fsp3) is 0.520. The Morgan fingerprint density at radius 1 is 1.05 bits per heavy atom. The van der Waals surface area contributed by atoms with E-state index in [2.05, 4.69) is 20.2 Å². The van der Waals surface area contributed by atoms with Gasteiger partial charge < -0.3 is 20.3 Å². The van der Waals surface area contributed by atoms with Gasteiger partial charge in [0.05, 0.1) is 11.1 Å². The maximum Gasteiger partial charge on any atom is 0.417 e. The molecule has 8 nitrogen and oxygen atoms in total. The average molecular weight is 594 g/mol. The molecule has 40 heavy (non-hydrogen) atoms. The van der Waals surface area contributed by atoms with Gasteiger partial charge in [0.1, 0.15) is 17.4 Å². The van der Waals surface area contributed by atoms with Gasteiger partial charge in [-0.05, 0) is 57.7 Å². The van der Waals surface area contributed by atoms with Gasteiger partial charge in [-0.25, -0.2) is 9.97 Å². The molecule has 2 aliphatic rings. The SMILES string of the molecule is CC(C)(Oc1ncc(C(F)(F)F)cc1Cl)C(=O)N[C@H]1C[C@H]2CC[C@@H](C1)N2c1ccc(C(=O)NCC(F)(F)F)cn1. The number of anilines is 1. The molecular weight excluding hydrogens is 568 g/mol. The predicted octanol–water partition coefficient (Wildman–Crippen LogP) is 4.91. The summed E-state index contributed by atoms with van der Waals surface area (Å²) in [4.78, 5) is 35.0. The number of carbonyl (C=O) groups excluding carboxylic acids is 2. The fourth-order valence-electron chi connectivity index (χ4n) is 4.93. The van der Waals surface area contributed by atoms with E-state index in [0.29, 0.717) is 30.9 Å². The van der Waals surface area contributed by atoms with Crippen LogP contribution >= 0.6 is 11.6 Å². The molecule has 4 heterocycles. The number of ether oxygens (including phenoxy) is 1. The lowest BCUT2D eigenvalue weighted by Crippen LogP contribution is -2.55. The van der Waals surface area contributed by atoms with Gasteiger partial charge in [0.25, 0.3) is 11.8 Å². The number of fused-ring (bicyclic) bond motifs is 2. The van der Waals surface area contributed by atoms with Crippen LogP contribution in [-0.2, 0) is 11.0 Å². The maximum absolute atomic E-state index is 13.1. The van der Waals surface area contributed by atoms with Gasteiger partial charge >= 0.3 is 12.4 Å². The second kappa shape index (κ2) is 10.9. The smallest absolute Gasteiger partial charge is 0.417 e. The molecule has 0 unspecified atom stereocenters. The van der Waals surface area contributed by atoms with Crippen LogP contribution in [0.5, 0.6) is 5.88 Å². The maximum atomic E-state index is 13.1. The molecule has 4 rings (SSSR count). The Morgan fingerprint density at radius 2 is 1.70 bits per heavy atom. The topological polar surface area (TPSA) is 96.5 Å². The molecular formula is C25H26ClF6N5O3. The Hall–Kier alpha value is -3.29. The summed E-state index contributed by atoms with van der Waals surface area (Å²) in [5.74, 6) is -1.09. The second-order valence-electron chi connectivity index (χ2n) is 10.3. The van der Waals surface area contributed by atoms with Crippen LogP contribution in [0.4, 0.5) is 32.2 Å². The third-order valence-electron chi connectivity index (χ3n) is 6.83. The van der Waals surface area contributed by atoms with E-state index in [9.17, 15) is 35.9 Å². The number of hydrogen-bond acceptors (Lipinski definition) is 6. The number of hydrogen-bond donors (Lipinski definition) is 2. The van der Waals surface area contributed by atoms with Gasteiger partial charge in [-0.2, -0.15) is 26.3 Å². The summed E-state index contributed by atoms with van der Waals surface area (Å²) in [6.07, 6.45) is -4.52. The summed E-state index contributed by atoms with van der Waals surface area (Å²) < 4.78 is 81.3. The molecule has 0 spiro atoms. The van der Waals surface area contributed by atoms with E-state index in [-0.39, 0.29) is 34.6 Å². The van der Waals surface area contributed by atoms with Gasteiger partial charge in [0.2, 0.25) is 5.88 Å². The van der Waals surface area contributed by atoms with Crippen LogP contribution in [0.2, 0.25) is 5.02 Å². The molecule has 0 radical (unpaired) electrons. The van der Waals surface area contributed by atoms with Crippen LogP contribution in [0.25, 0.3) is 0 Å². The molecule has 0 aromatic carbocycles. The van der Waals surface area contributed by atoms with Crippen molar-refractivity contribution in [1.29, 1.82) is 0 Å². The van der Waals surface area contributed by atoms with E-state index in [4.69, 9.17) is 16.3 Å². The number of rotatable bonds is 7. The second-order valence-corrected chi connectivity index (χ2v) is 10.7. The van der Waals surface area contributed by atoms with Crippen LogP contribution in [0.15, 0.2) is 30.6 Å². The largest absolute Gasteiger partial charge is 0.460 e. The zero-order valence-electron chi connectivity index (χ0n) is 21.4. The van der Waals surface area contributed by atoms with Crippen LogP contribution < -0.4 is 20.3 Å². The molecule has 2 N–H and O–H groups in total. The van der Waals surface area contributed by atoms with Crippen molar-refractivity contribution in [2.24, 2.45) is 0 Å². The van der Waals surface area contributed by atoms with Gasteiger partial charge in [-0.15, -0.1) is 0 Å². The Labute approximate surface area is 230 Å². The van der Waals surface area contributed by atoms with Gasteiger partial charge in [0, 0.05) is 30.5 Å². The molecule has 15 heteroatoms. The highest BCUT2D eigenvalue weighted by atomic mass is 35.5. The Bertz CT molecular complexity index is 1240. The van der Waals surface area contributed by atoms with E-state index < -0.39 is 41.9 Å². The molecule has 0 saturated carbocycles. The van der Waals surface area contributed by atoms with Crippen molar-refractivity contribution in [2.45, 2.75) is 75.6 Å². The molecule has 2 amide bonds. The molecule has 0 aliphatic carbocycles. The molecule has 2 fully saturated rings. The highest BCUT2D eigenvalue weighted by Gasteiger charge is 2.43. The summed E-state index contributed by atoms with van der Waals surface area (Å²) in [5, 5.41) is 4.38. The normalized spacial score (nSPS) is 21.2. The van der Waals surface area contributed by atoms with Crippen molar-refractivity contribution in [1.82, 2.24) is 20.6 Å². The minimum Gasteiger partial charge on any atom is -0.460 e. The molecule has 3 atom stereocenters. The van der Waals surface area contributed by atoms with Crippen LogP contribution in [-0.4, -0.2) is 58.2 Å². The zero-order valence-corrected chi connectivity index (χ0v) is 22.1. The summed E-state index contributed by atoms with van der Waals surface area (Å²) in [6, 6.07) is 3.52. The number of nitrogens with zero attached hydrogens (tertiary/aromatic N) is 3. The van der Waals surface area contributed by atoms with Crippen LogP contribution in [0.3, 0.4) is 0 Å². The minimum atomic E-state index is -4.63. The van der Waals surface area contributed by atoms with Crippen molar-refractivity contribution in [3.63, 3.8) is 0 Å². The van der Waals surface area contributed by atoms with Crippen molar-refractivity contribution < 1.29 is 40.7 Å². The number of alkyl halides is 6. The Balaban J connectivity index is 1.35. The lowest BCUT2D eigenvalue weighted by molar-refractivity contribution is -0.138. The lowest BCUT2D eigenvalue weighted by Gasteiger charge is -2.40. The first-order chi connectivity index (χ1) is 18.5. The Kier molecular flexibility index (Phi) is 8.12. The number of aromatic nitrogens is 2. The van der Waals surface area contributed by atoms with E-state index in [1.54, 1.807) is 11.4 Å². The molecule has 2 saturated heterocycles. The van der Waals surface area contributed by atoms with Crippen LogP contribution in [0.1, 0.15) is 55.5 Å². The van der Waals surface area contributed by atoms with Crippen molar-refractivity contribution >= 4 is 29.2 Å². The lowest BCUT2D eigenvalue weighted by atomic mass is 9.96. The number of carbonyl (C=O) groups is 2. The zero-order chi connectivity index (χ0) is 29.5. The molecule has 2 aromatic rings. The number of halogens is 7. The third kappa shape index (κ3) is 6.88. The van der Waals surface area contributed by atoms with E-state index in [1.165, 1.54) is 26.1 Å². The number of nitrogens with one attached hydrogen (secondary N) is 2. The van der Waals surface area contributed by atoms with E-state index in [1.807, 2.05) is 0 Å². The minimum absolute atomic E-state index is 0.00682. The molecule has 2 aromatic heterocycles. The third-order valence-corrected chi connectivity index (χ3v) is 7.10. The standard InChI is InChI=1S/C25H26ClF6N5O3/c1-23(2,40-21-18(26)7-14(11-34-21)25(30,31)32)22(39)36-15-8-16-4-5-17(9-15)37(16)19-6-3-13(10-33-19)20(38)35-12-24(27,28)29/h3,6-7,10-11,15-17H,4-5,8-9,12H2,1-2H3,(H,35,38)(H,36,39)/t15-,16+,17-. The summed E-state index contributed by atoms with van der Waals surface area (Å²) in [5.41, 5.74) is -2.52. The summed E-state index contributed by atoms with van der Waals surface area (Å²) >= 11 is 5.92. The average Bonchev–Trinajstić information content (AvgIpc) is 3.12. The summed E-state index contributed by atoms with van der Waals surface area (Å²) in [6.45, 7) is 1.48. The van der Waals surface area contributed by atoms with Crippen molar-refractivity contribution in [3.05, 3.63) is 46.7 Å². The van der Waals surface area contributed by atoms with Gasteiger partial charge in [-0.1, -0.05) is 11.6 Å². The number of piperidine rings is 1. The van der Waals surface area contributed by atoms with E-state index in [0.717, 1.165) is 12.8 Å². The van der Waals surface area contributed by atoms with Crippen LogP contribution in [0, 0.1) is 0 Å². The molecule has 2 bridgehead atoms. The summed E-state index contributed by atoms with van der Waals surface area (Å²) in [7, 11) is 0. The number of amides is 2. The Morgan fingerprint density at radius 3 is 2.23 bits per heavy atom. The molecule has 2 aliphatic heterocycles. The monoisotopic (exact) mass is 593 g/mol. The first-order valence-electron chi connectivity index (χ1n) is 12.4.